The molecule has 1 saturated heterocycles. The van der Waals surface area contributed by atoms with E-state index >= 15 is 0 Å². The summed E-state index contributed by atoms with van der Waals surface area (Å²) in [6.07, 6.45) is 5.96. The smallest absolute Gasteiger partial charge is 0.331 e. The first-order valence-electron chi connectivity index (χ1n) is 7.43. The van der Waals surface area contributed by atoms with E-state index in [1.165, 1.54) is 0 Å². The van der Waals surface area contributed by atoms with Crippen LogP contribution < -0.4 is 5.32 Å². The zero-order valence-corrected chi connectivity index (χ0v) is 12.4. The van der Waals surface area contributed by atoms with Crippen LogP contribution in [0.3, 0.4) is 0 Å². The third-order valence-electron chi connectivity index (χ3n) is 4.06. The van der Waals surface area contributed by atoms with Crippen molar-refractivity contribution in [2.75, 3.05) is 6.61 Å². The van der Waals surface area contributed by atoms with Crippen molar-refractivity contribution in [3.8, 4) is 0 Å². The number of nitrogens with zero attached hydrogens (tertiary/aromatic N) is 2. The summed E-state index contributed by atoms with van der Waals surface area (Å²) < 4.78 is 7.23. The van der Waals surface area contributed by atoms with E-state index in [9.17, 15) is 9.59 Å². The van der Waals surface area contributed by atoms with Crippen LogP contribution in [0.4, 0.5) is 0 Å². The molecule has 1 amide bonds. The number of aliphatic carboxylic acids is 1. The molecule has 1 fully saturated rings. The Balaban J connectivity index is 1.69. The highest BCUT2D eigenvalue weighted by Crippen LogP contribution is 2.30. The Hall–Kier alpha value is -2.15. The summed E-state index contributed by atoms with van der Waals surface area (Å²) in [5, 5.41) is 16.2. The van der Waals surface area contributed by atoms with E-state index in [0.717, 1.165) is 12.8 Å². The second kappa shape index (κ2) is 5.92. The Kier molecular flexibility index (Phi) is 3.98. The first-order valence-corrected chi connectivity index (χ1v) is 7.43. The highest BCUT2D eigenvalue weighted by molar-refractivity contribution is 5.96. The fourth-order valence-corrected chi connectivity index (χ4v) is 2.98. The maximum absolute atomic E-state index is 12.5. The predicted molar refractivity (Wildman–Crippen MR) is 77.3 cm³/mol. The molecule has 2 heterocycles. The second-order valence-corrected chi connectivity index (χ2v) is 5.75. The van der Waals surface area contributed by atoms with Crippen LogP contribution in [0, 0.1) is 0 Å². The maximum atomic E-state index is 12.5. The van der Waals surface area contributed by atoms with Crippen molar-refractivity contribution in [3.05, 3.63) is 29.1 Å². The summed E-state index contributed by atoms with van der Waals surface area (Å²) in [5.74, 6) is -1.14. The van der Waals surface area contributed by atoms with Crippen LogP contribution in [-0.2, 0) is 16.6 Å². The molecular formula is C15H19N3O4. The second-order valence-electron chi connectivity index (χ2n) is 5.75. The molecule has 1 aliphatic heterocycles. The molecule has 3 rings (SSSR count). The van der Waals surface area contributed by atoms with Gasteiger partial charge in [0.05, 0.1) is 5.56 Å². The minimum Gasteiger partial charge on any atom is -0.478 e. The van der Waals surface area contributed by atoms with Crippen molar-refractivity contribution in [3.63, 3.8) is 0 Å². The van der Waals surface area contributed by atoms with E-state index in [1.807, 2.05) is 0 Å². The van der Waals surface area contributed by atoms with Gasteiger partial charge in [-0.25, -0.2) is 4.79 Å². The van der Waals surface area contributed by atoms with Gasteiger partial charge in [-0.05, 0) is 25.7 Å². The third-order valence-corrected chi connectivity index (χ3v) is 4.06. The van der Waals surface area contributed by atoms with E-state index in [4.69, 9.17) is 9.84 Å². The number of aryl methyl sites for hydroxylation is 1. The number of carbonyl (C=O) groups is 2. The molecular weight excluding hydrogens is 286 g/mol. The van der Waals surface area contributed by atoms with Gasteiger partial charge >= 0.3 is 5.97 Å². The highest BCUT2D eigenvalue weighted by atomic mass is 16.5. The molecule has 7 heteroatoms. The molecule has 7 nitrogen and oxygen atoms in total. The number of aromatic nitrogens is 2. The Morgan fingerprint density at radius 3 is 2.95 bits per heavy atom. The standard InChI is InChI=1S/C15H19N3O4/c1-18-8-11(13(17-18)12-3-2-6-22-12)14(19)16-10-5-4-9(7-10)15(20)21/h4,8,10,12H,2-3,5-7H2,1H3,(H,16,19)(H,20,21). The monoisotopic (exact) mass is 305 g/mol. The van der Waals surface area contributed by atoms with E-state index in [1.54, 1.807) is 24.0 Å². The van der Waals surface area contributed by atoms with Crippen molar-refractivity contribution in [2.24, 2.45) is 7.05 Å². The largest absolute Gasteiger partial charge is 0.478 e. The van der Waals surface area contributed by atoms with Gasteiger partial charge in [0.2, 0.25) is 0 Å². The average Bonchev–Trinajstić information content (AvgIpc) is 3.16. The van der Waals surface area contributed by atoms with E-state index in [2.05, 4.69) is 10.4 Å². The quantitative estimate of drug-likeness (QED) is 0.871. The van der Waals surface area contributed by atoms with Gasteiger partial charge < -0.3 is 15.2 Å². The van der Waals surface area contributed by atoms with Crippen LogP contribution in [0.1, 0.15) is 47.8 Å². The number of carboxylic acid groups (broad SMARTS) is 1. The molecule has 2 unspecified atom stereocenters. The van der Waals surface area contributed by atoms with Crippen LogP contribution >= 0.6 is 0 Å². The predicted octanol–water partition coefficient (Wildman–Crippen LogP) is 1.17. The first kappa shape index (κ1) is 14.8. The molecule has 0 saturated carbocycles. The first-order chi connectivity index (χ1) is 10.5. The maximum Gasteiger partial charge on any atom is 0.331 e. The fraction of sp³-hybridized carbons (Fsp3) is 0.533. The molecule has 0 bridgehead atoms. The van der Waals surface area contributed by atoms with Crippen LogP contribution in [-0.4, -0.2) is 39.4 Å². The Morgan fingerprint density at radius 2 is 2.32 bits per heavy atom. The lowest BCUT2D eigenvalue weighted by Crippen LogP contribution is -2.34. The molecule has 1 aromatic heterocycles. The fourth-order valence-electron chi connectivity index (χ4n) is 2.98. The number of hydrogen-bond donors (Lipinski definition) is 2. The zero-order chi connectivity index (χ0) is 15.7. The summed E-state index contributed by atoms with van der Waals surface area (Å²) in [5.41, 5.74) is 1.54. The van der Waals surface area contributed by atoms with Gasteiger partial charge in [-0.1, -0.05) is 6.08 Å². The van der Waals surface area contributed by atoms with E-state index < -0.39 is 5.97 Å². The lowest BCUT2D eigenvalue weighted by Gasteiger charge is -2.13. The third kappa shape index (κ3) is 2.89. The SMILES string of the molecule is Cn1cc(C(=O)NC2CC=C(C(=O)O)C2)c(C2CCCO2)n1. The van der Waals surface area contributed by atoms with Gasteiger partial charge in [0.1, 0.15) is 11.8 Å². The summed E-state index contributed by atoms with van der Waals surface area (Å²) in [6, 6.07) is -0.170. The minimum absolute atomic E-state index is 0.127. The Morgan fingerprint density at radius 1 is 1.50 bits per heavy atom. The summed E-state index contributed by atoms with van der Waals surface area (Å²) in [4.78, 5) is 23.4. The molecule has 2 aliphatic rings. The van der Waals surface area contributed by atoms with Crippen molar-refractivity contribution in [1.29, 1.82) is 0 Å². The number of hydrogen-bond acceptors (Lipinski definition) is 4. The molecule has 0 spiro atoms. The number of carbonyl (C=O) groups excluding carboxylic acids is 1. The molecule has 1 aliphatic carbocycles. The van der Waals surface area contributed by atoms with Crippen molar-refractivity contribution >= 4 is 11.9 Å². The van der Waals surface area contributed by atoms with Crippen LogP contribution in [0.5, 0.6) is 0 Å². The normalized spacial score (nSPS) is 24.3. The number of carboxylic acids is 1. The summed E-state index contributed by atoms with van der Waals surface area (Å²) in [7, 11) is 1.77. The van der Waals surface area contributed by atoms with Gasteiger partial charge in [0.25, 0.3) is 5.91 Å². The lowest BCUT2D eigenvalue weighted by molar-refractivity contribution is -0.132. The van der Waals surface area contributed by atoms with E-state index in [0.29, 0.717) is 36.3 Å². The van der Waals surface area contributed by atoms with Crippen molar-refractivity contribution in [2.45, 2.75) is 37.8 Å². The molecule has 1 aromatic rings. The molecule has 0 aromatic carbocycles. The Bertz CT molecular complexity index is 629. The van der Waals surface area contributed by atoms with Gasteiger partial charge in [0, 0.05) is 31.5 Å². The molecule has 2 N–H and O–H groups in total. The van der Waals surface area contributed by atoms with Gasteiger partial charge in [0.15, 0.2) is 0 Å². The van der Waals surface area contributed by atoms with Crippen LogP contribution in [0.2, 0.25) is 0 Å². The highest BCUT2D eigenvalue weighted by Gasteiger charge is 2.29. The summed E-state index contributed by atoms with van der Waals surface area (Å²) >= 11 is 0. The molecule has 0 radical (unpaired) electrons. The Labute approximate surface area is 127 Å². The number of amides is 1. The number of nitrogens with one attached hydrogen (secondary N) is 1. The van der Waals surface area contributed by atoms with Crippen LogP contribution in [0.15, 0.2) is 17.8 Å². The van der Waals surface area contributed by atoms with Crippen molar-refractivity contribution < 1.29 is 19.4 Å². The molecule has 2 atom stereocenters. The van der Waals surface area contributed by atoms with Crippen LogP contribution in [0.25, 0.3) is 0 Å². The lowest BCUT2D eigenvalue weighted by atomic mass is 10.1. The number of rotatable bonds is 4. The topological polar surface area (TPSA) is 93.5 Å². The van der Waals surface area contributed by atoms with Gasteiger partial charge in [-0.2, -0.15) is 5.10 Å². The zero-order valence-electron chi connectivity index (χ0n) is 12.4. The summed E-state index contributed by atoms with van der Waals surface area (Å²) in [6.45, 7) is 0.691. The van der Waals surface area contributed by atoms with E-state index in [-0.39, 0.29) is 18.1 Å². The average molecular weight is 305 g/mol. The number of ether oxygens (including phenoxy) is 1. The van der Waals surface area contributed by atoms with Gasteiger partial charge in [-0.3, -0.25) is 9.48 Å². The molecule has 22 heavy (non-hydrogen) atoms. The molecule has 118 valence electrons. The minimum atomic E-state index is -0.918. The van der Waals surface area contributed by atoms with Crippen molar-refractivity contribution in [1.82, 2.24) is 15.1 Å². The van der Waals surface area contributed by atoms with Gasteiger partial charge in [-0.15, -0.1) is 0 Å².